The Morgan fingerprint density at radius 2 is 1.06 bits per heavy atom. The fourth-order valence-electron chi connectivity index (χ4n) is 1.37. The number of methoxy groups -OCH3 is 4. The minimum absolute atomic E-state index is 0.0304. The molecule has 0 spiro atoms. The Bertz CT molecular complexity index is 136. The fourth-order valence-corrected chi connectivity index (χ4v) is 4.37. The minimum Gasteiger partial charge on any atom is -0.356 e. The molecule has 0 aromatic carbocycles. The Morgan fingerprint density at radius 3 is 1.35 bits per heavy atom. The molecule has 0 saturated carbocycles. The molecule has 4 radical (unpaired) electrons. The lowest BCUT2D eigenvalue weighted by Crippen LogP contribution is -2.15. The van der Waals surface area contributed by atoms with Crippen LogP contribution in [-0.2, 0) is 18.9 Å². The first-order valence-corrected chi connectivity index (χ1v) is 8.63. The van der Waals surface area contributed by atoms with Crippen molar-refractivity contribution in [3.05, 3.63) is 0 Å². The van der Waals surface area contributed by atoms with E-state index >= 15 is 0 Å². The van der Waals surface area contributed by atoms with Crippen molar-refractivity contribution in [2.45, 2.75) is 43.2 Å². The summed E-state index contributed by atoms with van der Waals surface area (Å²) in [7, 11) is 8.77. The maximum Gasteiger partial charge on any atom is 0.156 e. The molecule has 0 aliphatic carbocycles. The highest BCUT2D eigenvalue weighted by atomic mass is 28.3. The zero-order chi connectivity index (χ0) is 12.9. The Balaban J connectivity index is 3.23. The first-order valence-electron chi connectivity index (χ1n) is 5.81. The fraction of sp³-hybridized carbons (Fsp3) is 1.00. The van der Waals surface area contributed by atoms with Crippen LogP contribution in [0.4, 0.5) is 0 Å². The first-order chi connectivity index (χ1) is 8.28. The van der Waals surface area contributed by atoms with Crippen molar-refractivity contribution in [3.63, 3.8) is 0 Å². The van der Waals surface area contributed by atoms with Gasteiger partial charge in [0.05, 0.1) is 0 Å². The molecule has 0 aromatic rings. The topological polar surface area (TPSA) is 36.9 Å². The molecule has 0 aromatic heterocycles. The summed E-state index contributed by atoms with van der Waals surface area (Å²) in [6, 6.07) is 2.38. The van der Waals surface area contributed by atoms with Gasteiger partial charge in [-0.25, -0.2) is 0 Å². The van der Waals surface area contributed by atoms with E-state index in [4.69, 9.17) is 18.9 Å². The summed E-state index contributed by atoms with van der Waals surface area (Å²) in [5, 5.41) is 0. The standard InChI is InChI=1S/C11H24O4Si2/c1-12-10(13-2)5-7-16-9-17-8-6-11(14-3)15-4/h10-11H,5-9H2,1-4H3. The average molecular weight is 276 g/mol. The Labute approximate surface area is 110 Å². The molecule has 0 N–H and O–H groups in total. The average Bonchev–Trinajstić information content (AvgIpc) is 2.37. The molecule has 4 nitrogen and oxygen atoms in total. The van der Waals surface area contributed by atoms with Crippen LogP contribution in [-0.4, -0.2) is 60.1 Å². The molecule has 0 bridgehead atoms. The molecule has 0 aliphatic rings. The van der Waals surface area contributed by atoms with Crippen LogP contribution in [0.1, 0.15) is 12.8 Å². The van der Waals surface area contributed by atoms with Gasteiger partial charge in [0.2, 0.25) is 0 Å². The van der Waals surface area contributed by atoms with Gasteiger partial charge in [-0.2, -0.15) is 0 Å². The van der Waals surface area contributed by atoms with Crippen molar-refractivity contribution in [1.82, 2.24) is 0 Å². The SMILES string of the molecule is COC(CC[Si]C[Si]CCC(OC)OC)OC. The maximum atomic E-state index is 5.14. The van der Waals surface area contributed by atoms with E-state index in [1.54, 1.807) is 28.4 Å². The van der Waals surface area contributed by atoms with Gasteiger partial charge in [-0.05, 0) is 12.8 Å². The molecule has 0 aliphatic heterocycles. The van der Waals surface area contributed by atoms with Gasteiger partial charge in [0.25, 0.3) is 0 Å². The highest BCUT2D eigenvalue weighted by molar-refractivity contribution is 6.55. The summed E-state index contributed by atoms with van der Waals surface area (Å²) in [6.07, 6.45) is 1.93. The van der Waals surface area contributed by atoms with Gasteiger partial charge in [-0.15, -0.1) is 0 Å². The molecule has 0 unspecified atom stereocenters. The molecule has 0 rings (SSSR count). The van der Waals surface area contributed by atoms with Crippen LogP contribution < -0.4 is 0 Å². The lowest BCUT2D eigenvalue weighted by molar-refractivity contribution is -0.103. The molecule has 0 atom stereocenters. The quantitative estimate of drug-likeness (QED) is 0.308. The van der Waals surface area contributed by atoms with E-state index in [0.29, 0.717) is 0 Å². The number of hydrogen-bond donors (Lipinski definition) is 0. The van der Waals surface area contributed by atoms with Crippen molar-refractivity contribution in [2.24, 2.45) is 0 Å². The van der Waals surface area contributed by atoms with E-state index in [1.165, 1.54) is 17.8 Å². The Morgan fingerprint density at radius 1 is 0.706 bits per heavy atom. The van der Waals surface area contributed by atoms with E-state index < -0.39 is 0 Å². The van der Waals surface area contributed by atoms with E-state index in [0.717, 1.165) is 31.9 Å². The highest BCUT2D eigenvalue weighted by Gasteiger charge is 2.06. The third-order valence-electron chi connectivity index (χ3n) is 2.42. The van der Waals surface area contributed by atoms with E-state index in [9.17, 15) is 0 Å². The molecule has 0 saturated heterocycles. The molecule has 100 valence electrons. The number of ether oxygens (including phenoxy) is 4. The molecular formula is C11H24O4Si2. The van der Waals surface area contributed by atoms with Crippen LogP contribution in [0.25, 0.3) is 0 Å². The maximum absolute atomic E-state index is 5.14. The largest absolute Gasteiger partial charge is 0.356 e. The zero-order valence-electron chi connectivity index (χ0n) is 11.3. The molecule has 17 heavy (non-hydrogen) atoms. The summed E-state index contributed by atoms with van der Waals surface area (Å²) in [6.45, 7) is 0. The summed E-state index contributed by atoms with van der Waals surface area (Å²) in [5.74, 6) is 0. The van der Waals surface area contributed by atoms with Gasteiger partial charge in [0.15, 0.2) is 12.6 Å². The normalized spacial score (nSPS) is 11.6. The van der Waals surface area contributed by atoms with Crippen LogP contribution >= 0.6 is 0 Å². The van der Waals surface area contributed by atoms with E-state index in [1.807, 2.05) is 0 Å². The zero-order valence-corrected chi connectivity index (χ0v) is 13.3. The van der Waals surface area contributed by atoms with Gasteiger partial charge in [0, 0.05) is 47.5 Å². The van der Waals surface area contributed by atoms with Gasteiger partial charge in [0.1, 0.15) is 0 Å². The van der Waals surface area contributed by atoms with Crippen molar-refractivity contribution < 1.29 is 18.9 Å². The van der Waals surface area contributed by atoms with Crippen LogP contribution in [0.15, 0.2) is 0 Å². The second kappa shape index (κ2) is 12.7. The van der Waals surface area contributed by atoms with Crippen LogP contribution in [0.2, 0.25) is 17.8 Å². The Kier molecular flexibility index (Phi) is 12.9. The molecule has 0 heterocycles. The lowest BCUT2D eigenvalue weighted by atomic mass is 10.5. The lowest BCUT2D eigenvalue weighted by Gasteiger charge is -2.13. The van der Waals surface area contributed by atoms with Gasteiger partial charge < -0.3 is 18.9 Å². The van der Waals surface area contributed by atoms with Gasteiger partial charge >= 0.3 is 0 Å². The van der Waals surface area contributed by atoms with E-state index in [-0.39, 0.29) is 12.6 Å². The summed E-state index contributed by atoms with van der Waals surface area (Å²) >= 11 is 0. The third kappa shape index (κ3) is 9.93. The minimum atomic E-state index is -0.0304. The predicted octanol–water partition coefficient (Wildman–Crippen LogP) is 1.63. The van der Waals surface area contributed by atoms with Crippen molar-refractivity contribution in [2.75, 3.05) is 28.4 Å². The predicted molar refractivity (Wildman–Crippen MR) is 70.8 cm³/mol. The molecule has 0 amide bonds. The van der Waals surface area contributed by atoms with Crippen LogP contribution in [0.3, 0.4) is 0 Å². The van der Waals surface area contributed by atoms with Crippen LogP contribution in [0, 0.1) is 0 Å². The van der Waals surface area contributed by atoms with Gasteiger partial charge in [-0.3, -0.25) is 0 Å². The highest BCUT2D eigenvalue weighted by Crippen LogP contribution is 2.05. The summed E-state index contributed by atoms with van der Waals surface area (Å²) in [5.41, 5.74) is 1.31. The third-order valence-corrected chi connectivity index (χ3v) is 5.70. The molecule has 6 heteroatoms. The molecular weight excluding hydrogens is 252 g/mol. The van der Waals surface area contributed by atoms with Crippen molar-refractivity contribution in [1.29, 1.82) is 0 Å². The number of hydrogen-bond acceptors (Lipinski definition) is 4. The molecule has 0 fully saturated rings. The number of rotatable bonds is 12. The summed E-state index contributed by atoms with van der Waals surface area (Å²) in [4.78, 5) is 0. The Hall–Kier alpha value is 0.274. The van der Waals surface area contributed by atoms with Gasteiger partial charge in [-0.1, -0.05) is 17.8 Å². The first kappa shape index (κ1) is 17.3. The van der Waals surface area contributed by atoms with E-state index in [2.05, 4.69) is 0 Å². The second-order valence-electron chi connectivity index (χ2n) is 3.56. The second-order valence-corrected chi connectivity index (χ2v) is 6.97. The van der Waals surface area contributed by atoms with Crippen LogP contribution in [0.5, 0.6) is 0 Å². The summed E-state index contributed by atoms with van der Waals surface area (Å²) < 4.78 is 20.6. The monoisotopic (exact) mass is 276 g/mol. The smallest absolute Gasteiger partial charge is 0.156 e. The van der Waals surface area contributed by atoms with Crippen molar-refractivity contribution in [3.8, 4) is 0 Å². The van der Waals surface area contributed by atoms with Crippen molar-refractivity contribution >= 4 is 19.0 Å².